The van der Waals surface area contributed by atoms with Crippen molar-refractivity contribution in [1.82, 2.24) is 0 Å². The fraction of sp³-hybridized carbons (Fsp3) is 0.278. The lowest BCUT2D eigenvalue weighted by molar-refractivity contribution is -0.885. The van der Waals surface area contributed by atoms with Gasteiger partial charge in [-0.1, -0.05) is 23.7 Å². The number of nitro groups is 1. The summed E-state index contributed by atoms with van der Waals surface area (Å²) >= 11 is 6.00. The maximum Gasteiger partial charge on any atom is 0.293 e. The van der Waals surface area contributed by atoms with Crippen LogP contribution in [0, 0.1) is 29.8 Å². The SMILES string of the molecule is Cc1ccc([N+](=O)[O-])c(NC(=O)C[NH+](C)Cc2c(F)cccc2Cl)c1C. The Hall–Kier alpha value is -2.51. The number of nitrogens with zero attached hydrogens (tertiary/aromatic N) is 1. The first-order valence-corrected chi connectivity index (χ1v) is 8.37. The predicted octanol–water partition coefficient (Wildman–Crippen LogP) is 2.66. The molecule has 2 aromatic carbocycles. The fourth-order valence-corrected chi connectivity index (χ4v) is 2.86. The van der Waals surface area contributed by atoms with Crippen LogP contribution in [0.1, 0.15) is 16.7 Å². The van der Waals surface area contributed by atoms with Crippen molar-refractivity contribution in [3.63, 3.8) is 0 Å². The minimum Gasteiger partial charge on any atom is -0.326 e. The number of aryl methyl sites for hydroxylation is 1. The molecule has 2 rings (SSSR count). The minimum absolute atomic E-state index is 0.00913. The van der Waals surface area contributed by atoms with E-state index in [0.717, 1.165) is 5.56 Å². The summed E-state index contributed by atoms with van der Waals surface area (Å²) in [7, 11) is 1.72. The molecule has 8 heteroatoms. The van der Waals surface area contributed by atoms with Gasteiger partial charge in [-0.2, -0.15) is 0 Å². The van der Waals surface area contributed by atoms with Crippen LogP contribution in [-0.2, 0) is 11.3 Å². The highest BCUT2D eigenvalue weighted by Gasteiger charge is 2.21. The van der Waals surface area contributed by atoms with Crippen LogP contribution in [0.25, 0.3) is 0 Å². The van der Waals surface area contributed by atoms with Crippen molar-refractivity contribution in [2.24, 2.45) is 0 Å². The Kier molecular flexibility index (Phi) is 6.28. The summed E-state index contributed by atoms with van der Waals surface area (Å²) in [6.07, 6.45) is 0. The molecule has 2 aromatic rings. The summed E-state index contributed by atoms with van der Waals surface area (Å²) in [5, 5.41) is 14.1. The van der Waals surface area contributed by atoms with E-state index in [1.165, 1.54) is 18.2 Å². The normalized spacial score (nSPS) is 11.9. The number of halogens is 2. The van der Waals surface area contributed by atoms with E-state index < -0.39 is 16.6 Å². The fourth-order valence-electron chi connectivity index (χ4n) is 2.63. The zero-order valence-corrected chi connectivity index (χ0v) is 15.5. The van der Waals surface area contributed by atoms with Crippen molar-refractivity contribution in [3.05, 3.63) is 68.0 Å². The van der Waals surface area contributed by atoms with Crippen molar-refractivity contribution in [2.75, 3.05) is 18.9 Å². The summed E-state index contributed by atoms with van der Waals surface area (Å²) in [4.78, 5) is 23.7. The summed E-state index contributed by atoms with van der Waals surface area (Å²) in [6, 6.07) is 7.43. The molecule has 138 valence electrons. The van der Waals surface area contributed by atoms with E-state index in [-0.39, 0.29) is 24.5 Å². The molecular weight excluding hydrogens is 361 g/mol. The van der Waals surface area contributed by atoms with Crippen LogP contribution < -0.4 is 10.2 Å². The van der Waals surface area contributed by atoms with E-state index in [1.54, 1.807) is 26.1 Å². The Morgan fingerprint density at radius 3 is 2.62 bits per heavy atom. The second kappa shape index (κ2) is 8.25. The average Bonchev–Trinajstić information content (AvgIpc) is 2.55. The number of carbonyl (C=O) groups excluding carboxylic acids is 1. The van der Waals surface area contributed by atoms with Crippen LogP contribution in [0.15, 0.2) is 30.3 Å². The van der Waals surface area contributed by atoms with Gasteiger partial charge >= 0.3 is 0 Å². The van der Waals surface area contributed by atoms with Crippen LogP contribution in [0.2, 0.25) is 5.02 Å². The Labute approximate surface area is 155 Å². The minimum atomic E-state index is -0.530. The molecule has 0 spiro atoms. The molecule has 1 atom stereocenters. The molecule has 6 nitrogen and oxygen atoms in total. The van der Waals surface area contributed by atoms with Gasteiger partial charge in [-0.25, -0.2) is 4.39 Å². The topological polar surface area (TPSA) is 76.7 Å². The van der Waals surface area contributed by atoms with Gasteiger partial charge in [0.15, 0.2) is 6.54 Å². The number of anilines is 1. The summed E-state index contributed by atoms with van der Waals surface area (Å²) < 4.78 is 13.9. The van der Waals surface area contributed by atoms with Gasteiger partial charge in [0, 0.05) is 6.07 Å². The van der Waals surface area contributed by atoms with Gasteiger partial charge in [0.05, 0.1) is 22.6 Å². The molecule has 0 fully saturated rings. The number of rotatable bonds is 6. The number of carbonyl (C=O) groups is 1. The highest BCUT2D eigenvalue weighted by atomic mass is 35.5. The quantitative estimate of drug-likeness (QED) is 0.597. The molecule has 2 N–H and O–H groups in total. The molecule has 0 radical (unpaired) electrons. The first-order chi connectivity index (χ1) is 12.2. The number of benzene rings is 2. The van der Waals surface area contributed by atoms with E-state index in [4.69, 9.17) is 11.6 Å². The Morgan fingerprint density at radius 2 is 2.00 bits per heavy atom. The van der Waals surface area contributed by atoms with Crippen LogP contribution in [0.4, 0.5) is 15.8 Å². The molecule has 1 amide bonds. The molecular formula is C18H20ClFN3O3+. The average molecular weight is 381 g/mol. The molecule has 0 saturated carbocycles. The van der Waals surface area contributed by atoms with Crippen LogP contribution >= 0.6 is 11.6 Å². The van der Waals surface area contributed by atoms with Crippen molar-refractivity contribution < 1.29 is 19.0 Å². The van der Waals surface area contributed by atoms with E-state index in [2.05, 4.69) is 5.32 Å². The number of quaternary nitrogens is 1. The van der Waals surface area contributed by atoms with Gasteiger partial charge in [0.2, 0.25) is 0 Å². The third-order valence-corrected chi connectivity index (χ3v) is 4.53. The number of hydrogen-bond donors (Lipinski definition) is 2. The number of likely N-dealkylation sites (N-methyl/N-ethyl adjacent to an activating group) is 1. The molecule has 26 heavy (non-hydrogen) atoms. The predicted molar refractivity (Wildman–Crippen MR) is 98.1 cm³/mol. The lowest BCUT2D eigenvalue weighted by atomic mass is 10.1. The number of nitrogens with one attached hydrogen (secondary N) is 2. The van der Waals surface area contributed by atoms with Crippen LogP contribution in [-0.4, -0.2) is 24.4 Å². The molecule has 1 unspecified atom stereocenters. The van der Waals surface area contributed by atoms with Gasteiger partial charge < -0.3 is 10.2 Å². The molecule has 0 aliphatic rings. The summed E-state index contributed by atoms with van der Waals surface area (Å²) in [5.74, 6) is -0.825. The largest absolute Gasteiger partial charge is 0.326 e. The molecule has 0 saturated heterocycles. The lowest BCUT2D eigenvalue weighted by Gasteiger charge is -2.16. The summed E-state index contributed by atoms with van der Waals surface area (Å²) in [5.41, 5.74) is 1.84. The smallest absolute Gasteiger partial charge is 0.293 e. The molecule has 0 heterocycles. The Balaban J connectivity index is 2.12. The van der Waals surface area contributed by atoms with Gasteiger partial charge in [-0.05, 0) is 37.1 Å². The molecule has 0 bridgehead atoms. The third-order valence-electron chi connectivity index (χ3n) is 4.18. The van der Waals surface area contributed by atoms with E-state index >= 15 is 0 Å². The van der Waals surface area contributed by atoms with Gasteiger partial charge in [0.25, 0.3) is 11.6 Å². The number of hydrogen-bond acceptors (Lipinski definition) is 3. The van der Waals surface area contributed by atoms with Crippen LogP contribution in [0.3, 0.4) is 0 Å². The first-order valence-electron chi connectivity index (χ1n) is 7.99. The maximum atomic E-state index is 13.9. The Bertz CT molecular complexity index is 838. The third kappa shape index (κ3) is 4.56. The van der Waals surface area contributed by atoms with E-state index in [0.29, 0.717) is 21.0 Å². The highest BCUT2D eigenvalue weighted by molar-refractivity contribution is 6.31. The van der Waals surface area contributed by atoms with Crippen molar-refractivity contribution in [2.45, 2.75) is 20.4 Å². The zero-order valence-electron chi connectivity index (χ0n) is 14.7. The van der Waals surface area contributed by atoms with E-state index in [1.807, 2.05) is 6.92 Å². The summed E-state index contributed by atoms with van der Waals surface area (Å²) in [6.45, 7) is 3.75. The standard InChI is InChI=1S/C18H19ClFN3O3/c1-11-7-8-16(23(25)26)18(12(11)2)21-17(24)10-22(3)9-13-14(19)5-4-6-15(13)20/h4-8H,9-10H2,1-3H3,(H,21,24)/p+1. The molecule has 0 aliphatic heterocycles. The Morgan fingerprint density at radius 1 is 1.31 bits per heavy atom. The van der Waals surface area contributed by atoms with Crippen molar-refractivity contribution >= 4 is 28.9 Å². The first kappa shape index (κ1) is 19.8. The van der Waals surface area contributed by atoms with Crippen LogP contribution in [0.5, 0.6) is 0 Å². The second-order valence-corrected chi connectivity index (χ2v) is 6.62. The lowest BCUT2D eigenvalue weighted by Crippen LogP contribution is -3.08. The monoisotopic (exact) mass is 380 g/mol. The van der Waals surface area contributed by atoms with Gasteiger partial charge in [-0.3, -0.25) is 14.9 Å². The second-order valence-electron chi connectivity index (χ2n) is 6.22. The van der Waals surface area contributed by atoms with Gasteiger partial charge in [0.1, 0.15) is 18.0 Å². The van der Waals surface area contributed by atoms with E-state index in [9.17, 15) is 19.3 Å². The highest BCUT2D eigenvalue weighted by Crippen LogP contribution is 2.30. The van der Waals surface area contributed by atoms with Crippen molar-refractivity contribution in [3.8, 4) is 0 Å². The molecule has 0 aromatic heterocycles. The van der Waals surface area contributed by atoms with Gasteiger partial charge in [-0.15, -0.1) is 0 Å². The molecule has 0 aliphatic carbocycles. The number of nitro benzene ring substituents is 1. The number of amides is 1. The maximum absolute atomic E-state index is 13.9. The van der Waals surface area contributed by atoms with Crippen molar-refractivity contribution in [1.29, 1.82) is 0 Å². The zero-order chi connectivity index (χ0) is 19.4.